The Bertz CT molecular complexity index is 251. The van der Waals surface area contributed by atoms with Crippen molar-refractivity contribution in [1.29, 1.82) is 0 Å². The molecule has 1 saturated carbocycles. The third-order valence-corrected chi connectivity index (χ3v) is 3.73. The first-order chi connectivity index (χ1) is 6.88. The second kappa shape index (κ2) is 4.94. The molecule has 14 heavy (non-hydrogen) atoms. The number of likely N-dealkylation sites (N-methyl/N-ethyl adjacent to an activating group) is 1. The molecule has 0 aromatic carbocycles. The van der Waals surface area contributed by atoms with Crippen molar-refractivity contribution in [3.05, 3.63) is 22.4 Å². The minimum atomic E-state index is 0.714. The van der Waals surface area contributed by atoms with Crippen LogP contribution in [0.15, 0.2) is 17.5 Å². The van der Waals surface area contributed by atoms with E-state index >= 15 is 0 Å². The average molecular weight is 209 g/mol. The Hall–Kier alpha value is -0.340. The summed E-state index contributed by atoms with van der Waals surface area (Å²) in [6.45, 7) is 3.30. The number of rotatable bonds is 6. The predicted octanol–water partition coefficient (Wildman–Crippen LogP) is 3.07. The van der Waals surface area contributed by atoms with Crippen LogP contribution >= 0.6 is 11.3 Å². The van der Waals surface area contributed by atoms with Gasteiger partial charge in [0.05, 0.1) is 0 Å². The van der Waals surface area contributed by atoms with E-state index in [4.69, 9.17) is 0 Å². The quantitative estimate of drug-likeness (QED) is 0.759. The highest BCUT2D eigenvalue weighted by Gasteiger charge is 2.25. The van der Waals surface area contributed by atoms with E-state index in [1.165, 1.54) is 30.6 Å². The molecule has 0 saturated heterocycles. The van der Waals surface area contributed by atoms with E-state index in [9.17, 15) is 0 Å². The van der Waals surface area contributed by atoms with E-state index in [-0.39, 0.29) is 0 Å². The molecule has 0 amide bonds. The first-order valence-corrected chi connectivity index (χ1v) is 6.52. The molecule has 1 heterocycles. The Balaban J connectivity index is 1.82. The monoisotopic (exact) mass is 209 g/mol. The fourth-order valence-corrected chi connectivity index (χ4v) is 2.74. The van der Waals surface area contributed by atoms with Gasteiger partial charge in [-0.2, -0.15) is 0 Å². The molecule has 1 aliphatic carbocycles. The van der Waals surface area contributed by atoms with Crippen molar-refractivity contribution in [3.63, 3.8) is 0 Å². The van der Waals surface area contributed by atoms with Crippen molar-refractivity contribution in [1.82, 2.24) is 5.32 Å². The third kappa shape index (κ3) is 3.10. The Morgan fingerprint density at radius 3 is 3.00 bits per heavy atom. The summed E-state index contributed by atoms with van der Waals surface area (Å²) >= 11 is 1.88. The summed E-state index contributed by atoms with van der Waals surface area (Å²) in [5, 5.41) is 5.77. The molecule has 78 valence electrons. The van der Waals surface area contributed by atoms with Crippen LogP contribution in [0, 0.1) is 5.92 Å². The fraction of sp³-hybridized carbons (Fsp3) is 0.667. The Morgan fingerprint density at radius 2 is 2.43 bits per heavy atom. The van der Waals surface area contributed by atoms with Gasteiger partial charge in [-0.15, -0.1) is 11.3 Å². The second-order valence-corrected chi connectivity index (χ2v) is 5.25. The van der Waals surface area contributed by atoms with Gasteiger partial charge in [0, 0.05) is 10.9 Å². The minimum Gasteiger partial charge on any atom is -0.314 e. The lowest BCUT2D eigenvalue weighted by Crippen LogP contribution is -2.31. The lowest BCUT2D eigenvalue weighted by molar-refractivity contribution is 0.468. The van der Waals surface area contributed by atoms with Crippen LogP contribution in [0.5, 0.6) is 0 Å². The van der Waals surface area contributed by atoms with Gasteiger partial charge in [0.2, 0.25) is 0 Å². The van der Waals surface area contributed by atoms with Crippen LogP contribution in [0.3, 0.4) is 0 Å². The van der Waals surface area contributed by atoms with Gasteiger partial charge >= 0.3 is 0 Å². The Morgan fingerprint density at radius 1 is 1.57 bits per heavy atom. The molecule has 1 unspecified atom stereocenters. The zero-order valence-electron chi connectivity index (χ0n) is 8.83. The summed E-state index contributed by atoms with van der Waals surface area (Å²) in [5.41, 5.74) is 0. The van der Waals surface area contributed by atoms with Crippen molar-refractivity contribution >= 4 is 11.3 Å². The van der Waals surface area contributed by atoms with Gasteiger partial charge < -0.3 is 5.32 Å². The maximum Gasteiger partial charge on any atom is 0.0118 e. The van der Waals surface area contributed by atoms with Gasteiger partial charge in [-0.05, 0) is 36.8 Å². The first-order valence-electron chi connectivity index (χ1n) is 5.64. The van der Waals surface area contributed by atoms with Crippen molar-refractivity contribution in [2.45, 2.75) is 38.6 Å². The summed E-state index contributed by atoms with van der Waals surface area (Å²) < 4.78 is 0. The van der Waals surface area contributed by atoms with E-state index in [0.717, 1.165) is 12.5 Å². The predicted molar refractivity (Wildman–Crippen MR) is 62.8 cm³/mol. The molecule has 1 atom stereocenters. The molecule has 0 spiro atoms. The molecule has 1 nitrogen and oxygen atoms in total. The fourth-order valence-electron chi connectivity index (χ4n) is 1.96. The zero-order valence-corrected chi connectivity index (χ0v) is 9.65. The molecule has 1 N–H and O–H groups in total. The molecule has 1 aliphatic rings. The van der Waals surface area contributed by atoms with Crippen LogP contribution in [0.4, 0.5) is 0 Å². The molecule has 1 aromatic rings. The number of nitrogens with one attached hydrogen (secondary N) is 1. The highest BCUT2D eigenvalue weighted by Crippen LogP contribution is 2.34. The molecule has 0 bridgehead atoms. The van der Waals surface area contributed by atoms with Crippen molar-refractivity contribution < 1.29 is 0 Å². The van der Waals surface area contributed by atoms with Crippen LogP contribution in [-0.2, 0) is 6.42 Å². The topological polar surface area (TPSA) is 12.0 Å². The average Bonchev–Trinajstić information content (AvgIpc) is 2.81. The van der Waals surface area contributed by atoms with E-state index in [1.54, 1.807) is 0 Å². The molecule has 1 fully saturated rings. The zero-order chi connectivity index (χ0) is 9.80. The molecule has 0 aliphatic heterocycles. The molecular weight excluding hydrogens is 190 g/mol. The van der Waals surface area contributed by atoms with Gasteiger partial charge in [-0.25, -0.2) is 0 Å². The largest absolute Gasteiger partial charge is 0.314 e. The van der Waals surface area contributed by atoms with Crippen LogP contribution in [0.1, 0.15) is 31.1 Å². The summed E-state index contributed by atoms with van der Waals surface area (Å²) in [5.74, 6) is 1.03. The number of hydrogen-bond donors (Lipinski definition) is 1. The van der Waals surface area contributed by atoms with Crippen LogP contribution in [0.2, 0.25) is 0 Å². The van der Waals surface area contributed by atoms with E-state index in [1.807, 2.05) is 11.3 Å². The molecule has 2 rings (SSSR count). The van der Waals surface area contributed by atoms with E-state index < -0.39 is 0 Å². The van der Waals surface area contributed by atoms with Gasteiger partial charge in [-0.3, -0.25) is 0 Å². The van der Waals surface area contributed by atoms with Crippen LogP contribution in [0.25, 0.3) is 0 Å². The minimum absolute atomic E-state index is 0.714. The van der Waals surface area contributed by atoms with Crippen LogP contribution < -0.4 is 5.32 Å². The van der Waals surface area contributed by atoms with Gasteiger partial charge in [0.25, 0.3) is 0 Å². The van der Waals surface area contributed by atoms with Gasteiger partial charge in [0.15, 0.2) is 0 Å². The normalized spacial score (nSPS) is 18.4. The lowest BCUT2D eigenvalue weighted by Gasteiger charge is -2.16. The van der Waals surface area contributed by atoms with Gasteiger partial charge in [-0.1, -0.05) is 25.8 Å². The third-order valence-electron chi connectivity index (χ3n) is 2.84. The molecule has 0 radical (unpaired) electrons. The lowest BCUT2D eigenvalue weighted by atomic mass is 10.1. The summed E-state index contributed by atoms with van der Waals surface area (Å²) in [6, 6.07) is 5.12. The van der Waals surface area contributed by atoms with E-state index in [0.29, 0.717) is 6.04 Å². The maximum atomic E-state index is 3.60. The highest BCUT2D eigenvalue weighted by molar-refractivity contribution is 7.09. The molecule has 2 heteroatoms. The number of hydrogen-bond acceptors (Lipinski definition) is 2. The maximum absolute atomic E-state index is 3.60. The van der Waals surface area contributed by atoms with E-state index in [2.05, 4.69) is 29.8 Å². The Kier molecular flexibility index (Phi) is 3.60. The Labute approximate surface area is 90.5 Å². The summed E-state index contributed by atoms with van der Waals surface area (Å²) in [6.07, 6.45) is 5.53. The smallest absolute Gasteiger partial charge is 0.0118 e. The second-order valence-electron chi connectivity index (χ2n) is 4.22. The standard InChI is InChI=1S/C12H19NS/c1-2-13-11(8-10-5-6-10)9-12-4-3-7-14-12/h3-4,7,10-11,13H,2,5-6,8-9H2,1H3. The highest BCUT2D eigenvalue weighted by atomic mass is 32.1. The first kappa shape index (κ1) is 10.2. The van der Waals surface area contributed by atoms with Crippen molar-refractivity contribution in [3.8, 4) is 0 Å². The SMILES string of the molecule is CCNC(Cc1cccs1)CC1CC1. The van der Waals surface area contributed by atoms with Gasteiger partial charge in [0.1, 0.15) is 0 Å². The summed E-state index contributed by atoms with van der Waals surface area (Å²) in [7, 11) is 0. The van der Waals surface area contributed by atoms with Crippen molar-refractivity contribution in [2.24, 2.45) is 5.92 Å². The molecule has 1 aromatic heterocycles. The summed E-state index contributed by atoms with van der Waals surface area (Å²) in [4.78, 5) is 1.52. The molecular formula is C12H19NS. The number of thiophene rings is 1. The van der Waals surface area contributed by atoms with Crippen molar-refractivity contribution in [2.75, 3.05) is 6.54 Å². The van der Waals surface area contributed by atoms with Crippen LogP contribution in [-0.4, -0.2) is 12.6 Å².